The number of ether oxygens (including phenoxy) is 2. The molecule has 0 saturated heterocycles. The summed E-state index contributed by atoms with van der Waals surface area (Å²) in [5.41, 5.74) is 2.78. The minimum atomic E-state index is -0.205. The van der Waals surface area contributed by atoms with E-state index < -0.39 is 0 Å². The van der Waals surface area contributed by atoms with Gasteiger partial charge in [-0.05, 0) is 36.6 Å². The van der Waals surface area contributed by atoms with Gasteiger partial charge in [-0.1, -0.05) is 42.5 Å². The van der Waals surface area contributed by atoms with E-state index >= 15 is 0 Å². The maximum Gasteiger partial charge on any atom is 0.230 e. The molecule has 2 aromatic rings. The first-order valence-electron chi connectivity index (χ1n) is 10.4. The third kappa shape index (κ3) is 2.96. The molecule has 1 aliphatic heterocycles. The average Bonchev–Trinajstić information content (AvgIpc) is 3.49. The molecule has 0 spiro atoms. The highest BCUT2D eigenvalue weighted by Crippen LogP contribution is 2.56. The highest BCUT2D eigenvalue weighted by molar-refractivity contribution is 6.00. The van der Waals surface area contributed by atoms with E-state index in [0.29, 0.717) is 18.1 Å². The fourth-order valence-corrected chi connectivity index (χ4v) is 4.83. The maximum atomic E-state index is 13.4. The van der Waals surface area contributed by atoms with Crippen molar-refractivity contribution in [3.05, 3.63) is 72.3 Å². The van der Waals surface area contributed by atoms with Crippen molar-refractivity contribution in [3.8, 4) is 11.5 Å². The molecular formula is C25H26N2O3. The van der Waals surface area contributed by atoms with Crippen molar-refractivity contribution >= 4 is 17.3 Å². The number of para-hydroxylation sites is 1. The van der Waals surface area contributed by atoms with Gasteiger partial charge in [-0.3, -0.25) is 4.79 Å². The first-order valence-corrected chi connectivity index (χ1v) is 10.4. The Hall–Kier alpha value is -3.21. The van der Waals surface area contributed by atoms with Crippen LogP contribution < -0.4 is 19.7 Å². The van der Waals surface area contributed by atoms with E-state index in [4.69, 9.17) is 9.47 Å². The molecule has 5 heteroatoms. The number of amides is 1. The van der Waals surface area contributed by atoms with E-state index in [-0.39, 0.29) is 17.5 Å². The Bertz CT molecular complexity index is 1040. The Morgan fingerprint density at radius 2 is 1.97 bits per heavy atom. The Balaban J connectivity index is 1.51. The molecule has 1 heterocycles. The Morgan fingerprint density at radius 1 is 1.10 bits per heavy atom. The van der Waals surface area contributed by atoms with Crippen LogP contribution in [0.4, 0.5) is 11.4 Å². The van der Waals surface area contributed by atoms with Gasteiger partial charge in [-0.15, -0.1) is 0 Å². The number of fused-ring (bicyclic) bond motifs is 2. The highest BCUT2D eigenvalue weighted by Gasteiger charge is 2.58. The zero-order valence-electron chi connectivity index (χ0n) is 17.3. The van der Waals surface area contributed by atoms with Crippen molar-refractivity contribution in [2.24, 2.45) is 5.92 Å². The number of methoxy groups -OCH3 is 2. The largest absolute Gasteiger partial charge is 0.497 e. The summed E-state index contributed by atoms with van der Waals surface area (Å²) in [6, 6.07) is 13.8. The molecule has 30 heavy (non-hydrogen) atoms. The molecule has 1 saturated carbocycles. The number of anilines is 2. The van der Waals surface area contributed by atoms with E-state index in [0.717, 1.165) is 35.5 Å². The van der Waals surface area contributed by atoms with Crippen LogP contribution in [-0.4, -0.2) is 25.7 Å². The molecule has 5 nitrogen and oxygen atoms in total. The fraction of sp³-hybridized carbons (Fsp3) is 0.320. The molecule has 1 N–H and O–H groups in total. The number of hydrogen-bond acceptors (Lipinski definition) is 4. The van der Waals surface area contributed by atoms with Crippen molar-refractivity contribution in [2.75, 3.05) is 24.4 Å². The quantitative estimate of drug-likeness (QED) is 0.725. The molecule has 3 atom stereocenters. The second kappa shape index (κ2) is 7.24. The minimum absolute atomic E-state index is 0.119. The number of nitrogens with zero attached hydrogens (tertiary/aromatic N) is 1. The molecule has 0 radical (unpaired) electrons. The Kier molecular flexibility index (Phi) is 4.54. The van der Waals surface area contributed by atoms with Crippen LogP contribution in [0.3, 0.4) is 0 Å². The number of rotatable bonds is 5. The van der Waals surface area contributed by atoms with Gasteiger partial charge in [0.1, 0.15) is 11.5 Å². The number of nitrogens with one attached hydrogen (secondary N) is 1. The first kappa shape index (κ1) is 18.8. The van der Waals surface area contributed by atoms with Gasteiger partial charge >= 0.3 is 0 Å². The van der Waals surface area contributed by atoms with Crippen LogP contribution in [0.2, 0.25) is 0 Å². The van der Waals surface area contributed by atoms with Crippen LogP contribution in [0.5, 0.6) is 11.5 Å². The van der Waals surface area contributed by atoms with E-state index in [1.165, 1.54) is 0 Å². The molecule has 2 aliphatic carbocycles. The van der Waals surface area contributed by atoms with Crippen LogP contribution in [-0.2, 0) is 4.79 Å². The van der Waals surface area contributed by atoms with Crippen molar-refractivity contribution < 1.29 is 14.3 Å². The second-order valence-corrected chi connectivity index (χ2v) is 8.12. The normalized spacial score (nSPS) is 26.5. The van der Waals surface area contributed by atoms with E-state index in [1.807, 2.05) is 35.2 Å². The number of carbonyl (C=O) groups excluding carboxylic acids is 1. The molecule has 0 aromatic heterocycles. The van der Waals surface area contributed by atoms with Gasteiger partial charge in [0.05, 0.1) is 37.9 Å². The monoisotopic (exact) mass is 402 g/mol. The average molecular weight is 402 g/mol. The lowest BCUT2D eigenvalue weighted by molar-refractivity contribution is -0.119. The lowest BCUT2D eigenvalue weighted by atomic mass is 9.93. The lowest BCUT2D eigenvalue weighted by Crippen LogP contribution is -2.47. The topological polar surface area (TPSA) is 50.8 Å². The predicted octanol–water partition coefficient (Wildman–Crippen LogP) is 4.87. The van der Waals surface area contributed by atoms with Crippen LogP contribution in [0, 0.1) is 5.92 Å². The third-order valence-corrected chi connectivity index (χ3v) is 6.41. The fourth-order valence-electron chi connectivity index (χ4n) is 4.83. The van der Waals surface area contributed by atoms with Crippen molar-refractivity contribution in [2.45, 2.75) is 30.8 Å². The summed E-state index contributed by atoms with van der Waals surface area (Å²) in [4.78, 5) is 15.5. The van der Waals surface area contributed by atoms with Gasteiger partial charge in [0.25, 0.3) is 0 Å². The van der Waals surface area contributed by atoms with Gasteiger partial charge in [0.15, 0.2) is 0 Å². The van der Waals surface area contributed by atoms with E-state index in [9.17, 15) is 4.79 Å². The third-order valence-electron chi connectivity index (χ3n) is 6.41. The SMILES string of the molecule is COc1ccc(NC2CC(=O)N(C34C=CCC=CC3C4)c3ccccc32)c(OC)c1. The maximum absolute atomic E-state index is 13.4. The molecule has 1 fully saturated rings. The molecule has 1 amide bonds. The molecule has 2 aromatic carbocycles. The van der Waals surface area contributed by atoms with Crippen molar-refractivity contribution in [1.82, 2.24) is 0 Å². The number of allylic oxidation sites excluding steroid dienone is 2. The van der Waals surface area contributed by atoms with Crippen LogP contribution in [0.1, 0.15) is 30.9 Å². The van der Waals surface area contributed by atoms with Crippen LogP contribution in [0.15, 0.2) is 66.8 Å². The van der Waals surface area contributed by atoms with E-state index in [2.05, 4.69) is 41.8 Å². The van der Waals surface area contributed by atoms with Crippen LogP contribution >= 0.6 is 0 Å². The zero-order chi connectivity index (χ0) is 20.7. The number of benzene rings is 2. The van der Waals surface area contributed by atoms with Gasteiger partial charge in [0.2, 0.25) is 5.91 Å². The standard InChI is InChI=1S/C25H26N2O3/c1-29-18-11-12-20(23(14-18)30-2)26-21-15-24(28)27(22-10-6-5-9-19(21)22)25-13-7-3-4-8-17(25)16-25/h4-14,17,21,26H,3,15-16H2,1-2H3. The zero-order valence-corrected chi connectivity index (χ0v) is 17.3. The van der Waals surface area contributed by atoms with E-state index in [1.54, 1.807) is 14.2 Å². The highest BCUT2D eigenvalue weighted by atomic mass is 16.5. The molecule has 3 unspecified atom stereocenters. The van der Waals surface area contributed by atoms with Crippen molar-refractivity contribution in [1.29, 1.82) is 0 Å². The summed E-state index contributed by atoms with van der Waals surface area (Å²) in [7, 11) is 3.27. The molecule has 154 valence electrons. The first-order chi connectivity index (χ1) is 14.7. The van der Waals surface area contributed by atoms with Crippen LogP contribution in [0.25, 0.3) is 0 Å². The number of carbonyl (C=O) groups is 1. The predicted molar refractivity (Wildman–Crippen MR) is 118 cm³/mol. The summed E-state index contributed by atoms with van der Waals surface area (Å²) in [5, 5.41) is 3.54. The molecule has 5 rings (SSSR count). The second-order valence-electron chi connectivity index (χ2n) is 8.12. The summed E-state index contributed by atoms with van der Waals surface area (Å²) in [6.45, 7) is 0. The summed E-state index contributed by atoms with van der Waals surface area (Å²) < 4.78 is 10.8. The van der Waals surface area contributed by atoms with Crippen molar-refractivity contribution in [3.63, 3.8) is 0 Å². The Morgan fingerprint density at radius 3 is 2.80 bits per heavy atom. The Labute approximate surface area is 177 Å². The molecule has 3 aliphatic rings. The van der Waals surface area contributed by atoms with Gasteiger partial charge < -0.3 is 19.7 Å². The summed E-state index contributed by atoms with van der Waals surface area (Å²) >= 11 is 0. The molecular weight excluding hydrogens is 376 g/mol. The number of hydrogen-bond donors (Lipinski definition) is 1. The van der Waals surface area contributed by atoms with Gasteiger partial charge in [0, 0.05) is 17.7 Å². The minimum Gasteiger partial charge on any atom is -0.497 e. The summed E-state index contributed by atoms with van der Waals surface area (Å²) in [5.74, 6) is 1.98. The summed E-state index contributed by atoms with van der Waals surface area (Å²) in [6.07, 6.45) is 11.2. The lowest BCUT2D eigenvalue weighted by Gasteiger charge is -2.39. The smallest absolute Gasteiger partial charge is 0.230 e. The van der Waals surface area contributed by atoms with Gasteiger partial charge in [-0.2, -0.15) is 0 Å². The molecule has 0 bridgehead atoms. The van der Waals surface area contributed by atoms with Gasteiger partial charge in [-0.25, -0.2) is 0 Å².